The molecule has 3 aromatic carbocycles. The van der Waals surface area contributed by atoms with Crippen molar-refractivity contribution in [2.45, 2.75) is 0 Å². The summed E-state index contributed by atoms with van der Waals surface area (Å²) in [6, 6.07) is 18.6. The fraction of sp³-hybridized carbons (Fsp3) is 0.0833. The second-order valence-electron chi connectivity index (χ2n) is 6.61. The van der Waals surface area contributed by atoms with Crippen LogP contribution in [0.3, 0.4) is 0 Å². The molecule has 0 unspecified atom stereocenters. The highest BCUT2D eigenvalue weighted by atomic mass is 79.9. The molecule has 0 saturated carbocycles. The lowest BCUT2D eigenvalue weighted by molar-refractivity contribution is 0.0735. The normalized spacial score (nSPS) is 10.7. The molecule has 0 fully saturated rings. The Hall–Kier alpha value is -3.58. The summed E-state index contributed by atoms with van der Waals surface area (Å²) in [4.78, 5) is 25.1. The van der Waals surface area contributed by atoms with Crippen LogP contribution < -0.4 is 19.8 Å². The molecule has 4 rings (SSSR count). The van der Waals surface area contributed by atoms with Gasteiger partial charge in [-0.05, 0) is 60.7 Å². The molecule has 0 amide bonds. The lowest BCUT2D eigenvalue weighted by Crippen LogP contribution is -2.08. The Labute approximate surface area is 186 Å². The number of carbonyl (C=O) groups excluding carboxylic acids is 1. The largest absolute Gasteiger partial charge is 0.497 e. The molecule has 4 aromatic rings. The molecule has 1 heterocycles. The van der Waals surface area contributed by atoms with Crippen LogP contribution in [-0.2, 0) is 0 Å². The summed E-state index contributed by atoms with van der Waals surface area (Å²) in [5.41, 5.74) is 1.06. The monoisotopic (exact) mass is 480 g/mol. The predicted molar refractivity (Wildman–Crippen MR) is 120 cm³/mol. The van der Waals surface area contributed by atoms with Gasteiger partial charge in [0.15, 0.2) is 0 Å². The van der Waals surface area contributed by atoms with Crippen molar-refractivity contribution in [1.29, 1.82) is 0 Å². The number of methoxy groups -OCH3 is 2. The van der Waals surface area contributed by atoms with Crippen molar-refractivity contribution in [3.63, 3.8) is 0 Å². The number of carbonyl (C=O) groups is 1. The van der Waals surface area contributed by atoms with Crippen LogP contribution in [0.5, 0.6) is 17.2 Å². The molecule has 0 saturated heterocycles. The van der Waals surface area contributed by atoms with E-state index >= 15 is 0 Å². The highest BCUT2D eigenvalue weighted by Gasteiger charge is 2.15. The van der Waals surface area contributed by atoms with Gasteiger partial charge in [-0.15, -0.1) is 0 Å². The van der Waals surface area contributed by atoms with E-state index in [9.17, 15) is 9.59 Å². The smallest absolute Gasteiger partial charge is 0.344 e. The van der Waals surface area contributed by atoms with Gasteiger partial charge in [-0.25, -0.2) is 9.59 Å². The molecule has 0 aliphatic rings. The number of hydrogen-bond acceptors (Lipinski definition) is 6. The molecule has 31 heavy (non-hydrogen) atoms. The molecular weight excluding hydrogens is 464 g/mol. The van der Waals surface area contributed by atoms with E-state index in [2.05, 4.69) is 15.9 Å². The quantitative estimate of drug-likeness (QED) is 0.214. The molecule has 1 aromatic heterocycles. The second-order valence-corrected chi connectivity index (χ2v) is 7.53. The average Bonchev–Trinajstić information content (AvgIpc) is 2.78. The van der Waals surface area contributed by atoms with Crippen LogP contribution in [0.15, 0.2) is 80.4 Å². The third-order valence-electron chi connectivity index (χ3n) is 4.69. The van der Waals surface area contributed by atoms with E-state index in [4.69, 9.17) is 18.6 Å². The van der Waals surface area contributed by atoms with Crippen molar-refractivity contribution in [1.82, 2.24) is 0 Å². The van der Waals surface area contributed by atoms with E-state index in [0.717, 1.165) is 4.47 Å². The molecule has 6 nitrogen and oxygen atoms in total. The SMILES string of the molecule is COc1ccc(OC)c(-c2cc3ccc(OC(=O)c4ccc(Br)cc4)cc3oc2=O)c1. The van der Waals surface area contributed by atoms with Gasteiger partial charge in [-0.2, -0.15) is 0 Å². The van der Waals surface area contributed by atoms with Crippen LogP contribution in [0.2, 0.25) is 0 Å². The number of hydrogen-bond donors (Lipinski definition) is 0. The van der Waals surface area contributed by atoms with E-state index < -0.39 is 11.6 Å². The van der Waals surface area contributed by atoms with Crippen molar-refractivity contribution in [2.24, 2.45) is 0 Å². The van der Waals surface area contributed by atoms with Gasteiger partial charge in [0.05, 0.1) is 25.3 Å². The summed E-state index contributed by atoms with van der Waals surface area (Å²) in [7, 11) is 3.07. The Morgan fingerprint density at radius 2 is 1.58 bits per heavy atom. The zero-order valence-corrected chi connectivity index (χ0v) is 18.3. The molecule has 0 radical (unpaired) electrons. The Morgan fingerprint density at radius 3 is 2.29 bits per heavy atom. The number of halogens is 1. The van der Waals surface area contributed by atoms with E-state index in [1.165, 1.54) is 13.2 Å². The maximum absolute atomic E-state index is 12.7. The average molecular weight is 481 g/mol. The number of fused-ring (bicyclic) bond motifs is 1. The summed E-state index contributed by atoms with van der Waals surface area (Å²) in [5, 5.41) is 0.669. The van der Waals surface area contributed by atoms with Crippen molar-refractivity contribution in [3.05, 3.63) is 87.2 Å². The highest BCUT2D eigenvalue weighted by Crippen LogP contribution is 2.33. The van der Waals surface area contributed by atoms with Crippen LogP contribution in [0.25, 0.3) is 22.1 Å². The Balaban J connectivity index is 1.69. The van der Waals surface area contributed by atoms with Gasteiger partial charge in [-0.3, -0.25) is 0 Å². The lowest BCUT2D eigenvalue weighted by Gasteiger charge is -2.11. The van der Waals surface area contributed by atoms with E-state index in [-0.39, 0.29) is 5.75 Å². The Morgan fingerprint density at radius 1 is 0.839 bits per heavy atom. The van der Waals surface area contributed by atoms with Crippen LogP contribution >= 0.6 is 15.9 Å². The zero-order valence-electron chi connectivity index (χ0n) is 16.7. The van der Waals surface area contributed by atoms with Crippen LogP contribution in [-0.4, -0.2) is 20.2 Å². The van der Waals surface area contributed by atoms with Gasteiger partial charge in [0.25, 0.3) is 0 Å². The standard InChI is InChI=1S/C24H17BrO6/c1-28-17-9-10-21(29-2)19(12-17)20-11-15-5-8-18(13-22(15)31-24(20)27)30-23(26)14-3-6-16(25)7-4-14/h3-13H,1-2H3. The van der Waals surface area contributed by atoms with Crippen molar-refractivity contribution >= 4 is 32.9 Å². The van der Waals surface area contributed by atoms with Crippen molar-refractivity contribution in [2.75, 3.05) is 14.2 Å². The van der Waals surface area contributed by atoms with Crippen LogP contribution in [0.1, 0.15) is 10.4 Å². The minimum absolute atomic E-state index is 0.273. The summed E-state index contributed by atoms with van der Waals surface area (Å²) in [6.07, 6.45) is 0. The summed E-state index contributed by atoms with van der Waals surface area (Å²) < 4.78 is 22.4. The van der Waals surface area contributed by atoms with Gasteiger partial charge in [0, 0.05) is 21.5 Å². The molecule has 7 heteroatoms. The number of rotatable bonds is 5. The molecule has 0 bridgehead atoms. The van der Waals surface area contributed by atoms with Gasteiger partial charge in [0.1, 0.15) is 22.8 Å². The lowest BCUT2D eigenvalue weighted by atomic mass is 10.0. The van der Waals surface area contributed by atoms with Crippen molar-refractivity contribution < 1.29 is 23.4 Å². The van der Waals surface area contributed by atoms with Gasteiger partial charge >= 0.3 is 11.6 Å². The minimum Gasteiger partial charge on any atom is -0.497 e. The first-order valence-corrected chi connectivity index (χ1v) is 10.1. The zero-order chi connectivity index (χ0) is 22.0. The minimum atomic E-state index is -0.546. The summed E-state index contributed by atoms with van der Waals surface area (Å²) in [5.74, 6) is 0.875. The molecule has 156 valence electrons. The van der Waals surface area contributed by atoms with Gasteiger partial charge < -0.3 is 18.6 Å². The topological polar surface area (TPSA) is 75.0 Å². The summed E-state index contributed by atoms with van der Waals surface area (Å²) >= 11 is 3.33. The first kappa shape index (κ1) is 20.7. The molecule has 0 atom stereocenters. The first-order chi connectivity index (χ1) is 15.0. The molecular formula is C24H17BrO6. The molecule has 0 N–H and O–H groups in total. The molecule has 0 spiro atoms. The van der Waals surface area contributed by atoms with Gasteiger partial charge in [-0.1, -0.05) is 15.9 Å². The number of esters is 1. The number of benzene rings is 3. The molecule has 0 aliphatic carbocycles. The molecule has 0 aliphatic heterocycles. The second kappa shape index (κ2) is 8.65. The van der Waals surface area contributed by atoms with Gasteiger partial charge in [0.2, 0.25) is 0 Å². The maximum Gasteiger partial charge on any atom is 0.344 e. The Bertz CT molecular complexity index is 1320. The third kappa shape index (κ3) is 4.32. The number of ether oxygens (including phenoxy) is 3. The van der Waals surface area contributed by atoms with Crippen molar-refractivity contribution in [3.8, 4) is 28.4 Å². The Kier molecular flexibility index (Phi) is 5.77. The third-order valence-corrected chi connectivity index (χ3v) is 5.22. The fourth-order valence-corrected chi connectivity index (χ4v) is 3.38. The maximum atomic E-state index is 12.7. The van der Waals surface area contributed by atoms with E-state index in [1.807, 2.05) is 0 Å². The van der Waals surface area contributed by atoms with Crippen LogP contribution in [0.4, 0.5) is 0 Å². The fourth-order valence-electron chi connectivity index (χ4n) is 3.12. The van der Waals surface area contributed by atoms with E-state index in [0.29, 0.717) is 39.2 Å². The predicted octanol–water partition coefficient (Wildman–Crippen LogP) is 5.46. The first-order valence-electron chi connectivity index (χ1n) is 9.26. The highest BCUT2D eigenvalue weighted by molar-refractivity contribution is 9.10. The van der Waals surface area contributed by atoms with E-state index in [1.54, 1.807) is 67.8 Å². The summed E-state index contributed by atoms with van der Waals surface area (Å²) in [6.45, 7) is 0. The van der Waals surface area contributed by atoms with Crippen LogP contribution in [0, 0.1) is 0 Å².